The maximum Gasteiger partial charge on any atom is 0.188 e. The summed E-state index contributed by atoms with van der Waals surface area (Å²) in [7, 11) is 0. The van der Waals surface area contributed by atoms with Crippen LogP contribution in [0.25, 0.3) is 0 Å². The molecule has 0 aromatic carbocycles. The predicted molar refractivity (Wildman–Crippen MR) is 141 cm³/mol. The van der Waals surface area contributed by atoms with Crippen LogP contribution in [0, 0.1) is 0 Å². The van der Waals surface area contributed by atoms with Crippen LogP contribution in [0.4, 0.5) is 0 Å². The lowest BCUT2D eigenvalue weighted by atomic mass is 10.1. The summed E-state index contributed by atoms with van der Waals surface area (Å²) < 4.78 is 22.8. The Kier molecular flexibility index (Phi) is 28.9. The van der Waals surface area contributed by atoms with Gasteiger partial charge in [0.2, 0.25) is 0 Å². The largest absolute Gasteiger partial charge is 0.475 e. The Labute approximate surface area is 207 Å². The zero-order valence-electron chi connectivity index (χ0n) is 22.6. The first kappa shape index (κ1) is 32.4. The molecule has 0 unspecified atom stereocenters. The fraction of sp³-hybridized carbons (Fsp3) is 0.931. The zero-order chi connectivity index (χ0) is 24.1. The van der Waals surface area contributed by atoms with Gasteiger partial charge in [0, 0.05) is 13.2 Å². The quantitative estimate of drug-likeness (QED) is 0.0648. The number of hydrogen-bond acceptors (Lipinski definition) is 4. The van der Waals surface area contributed by atoms with E-state index in [1.54, 1.807) is 0 Å². The van der Waals surface area contributed by atoms with Crippen LogP contribution in [0.15, 0.2) is 12.3 Å². The molecule has 0 bridgehead atoms. The average Bonchev–Trinajstić information content (AvgIpc) is 2.82. The third-order valence-electron chi connectivity index (χ3n) is 5.90. The third kappa shape index (κ3) is 27.5. The van der Waals surface area contributed by atoms with Gasteiger partial charge in [-0.25, -0.2) is 0 Å². The highest BCUT2D eigenvalue weighted by atomic mass is 16.7. The average molecular weight is 471 g/mol. The number of hydrogen-bond donors (Lipinski definition) is 0. The van der Waals surface area contributed by atoms with Crippen LogP contribution >= 0.6 is 0 Å². The van der Waals surface area contributed by atoms with Crippen LogP contribution in [0.5, 0.6) is 0 Å². The minimum absolute atomic E-state index is 0.0121. The molecule has 0 aliphatic rings. The second kappa shape index (κ2) is 29.5. The highest BCUT2D eigenvalue weighted by Gasteiger charge is 2.08. The van der Waals surface area contributed by atoms with Gasteiger partial charge in [-0.05, 0) is 51.0 Å². The molecular weight excluding hydrogens is 412 g/mol. The van der Waals surface area contributed by atoms with Crippen LogP contribution in [0.3, 0.4) is 0 Å². The van der Waals surface area contributed by atoms with Crippen LogP contribution in [0.2, 0.25) is 0 Å². The Morgan fingerprint density at radius 1 is 0.545 bits per heavy atom. The molecule has 0 aromatic heterocycles. The molecule has 0 N–H and O–H groups in total. The van der Waals surface area contributed by atoms with Crippen molar-refractivity contribution in [1.82, 2.24) is 0 Å². The SMILES string of the molecule is CCCCCCCCOCOC=CCCCCCCCCCC(OCCCC)OCCCC. The summed E-state index contributed by atoms with van der Waals surface area (Å²) in [6.45, 7) is 9.53. The lowest BCUT2D eigenvalue weighted by molar-refractivity contribution is -0.147. The monoisotopic (exact) mass is 470 g/mol. The molecule has 0 atom stereocenters. The summed E-state index contributed by atoms with van der Waals surface area (Å²) in [4.78, 5) is 0. The topological polar surface area (TPSA) is 36.9 Å². The molecule has 0 saturated heterocycles. The van der Waals surface area contributed by atoms with E-state index in [2.05, 4.69) is 26.8 Å². The van der Waals surface area contributed by atoms with Crippen LogP contribution < -0.4 is 0 Å². The first-order chi connectivity index (χ1) is 16.3. The van der Waals surface area contributed by atoms with E-state index in [9.17, 15) is 0 Å². The molecule has 0 aromatic rings. The fourth-order valence-corrected chi connectivity index (χ4v) is 3.66. The molecule has 0 saturated carbocycles. The van der Waals surface area contributed by atoms with Crippen molar-refractivity contribution in [3.8, 4) is 0 Å². The van der Waals surface area contributed by atoms with Crippen molar-refractivity contribution in [3.05, 3.63) is 12.3 Å². The fourth-order valence-electron chi connectivity index (χ4n) is 3.66. The van der Waals surface area contributed by atoms with Gasteiger partial charge in [-0.2, -0.15) is 0 Å². The number of ether oxygens (including phenoxy) is 4. The molecule has 4 heteroatoms. The highest BCUT2D eigenvalue weighted by molar-refractivity contribution is 4.72. The van der Waals surface area contributed by atoms with Gasteiger partial charge in [0.15, 0.2) is 13.1 Å². The van der Waals surface area contributed by atoms with Crippen LogP contribution in [-0.2, 0) is 18.9 Å². The van der Waals surface area contributed by atoms with Gasteiger partial charge in [0.25, 0.3) is 0 Å². The van der Waals surface area contributed by atoms with Gasteiger partial charge in [-0.3, -0.25) is 0 Å². The van der Waals surface area contributed by atoms with Gasteiger partial charge in [0.1, 0.15) is 0 Å². The molecule has 0 aliphatic heterocycles. The van der Waals surface area contributed by atoms with Gasteiger partial charge < -0.3 is 18.9 Å². The zero-order valence-corrected chi connectivity index (χ0v) is 22.6. The summed E-state index contributed by atoms with van der Waals surface area (Å²) in [5.74, 6) is 0. The van der Waals surface area contributed by atoms with Crippen molar-refractivity contribution in [3.63, 3.8) is 0 Å². The van der Waals surface area contributed by atoms with E-state index >= 15 is 0 Å². The van der Waals surface area contributed by atoms with E-state index in [4.69, 9.17) is 18.9 Å². The van der Waals surface area contributed by atoms with Crippen LogP contribution in [-0.4, -0.2) is 32.9 Å². The Balaban J connectivity index is 3.38. The molecule has 0 radical (unpaired) electrons. The second-order valence-electron chi connectivity index (χ2n) is 9.26. The molecule has 33 heavy (non-hydrogen) atoms. The van der Waals surface area contributed by atoms with E-state index in [1.807, 2.05) is 6.26 Å². The van der Waals surface area contributed by atoms with Gasteiger partial charge in [-0.1, -0.05) is 97.8 Å². The molecule has 0 rings (SSSR count). The van der Waals surface area contributed by atoms with E-state index in [-0.39, 0.29) is 6.29 Å². The van der Waals surface area contributed by atoms with Crippen molar-refractivity contribution >= 4 is 0 Å². The predicted octanol–water partition coefficient (Wildman–Crippen LogP) is 9.32. The number of rotatable bonds is 28. The lowest BCUT2D eigenvalue weighted by Crippen LogP contribution is -2.18. The van der Waals surface area contributed by atoms with Crippen molar-refractivity contribution in [2.45, 2.75) is 149 Å². The smallest absolute Gasteiger partial charge is 0.188 e. The Morgan fingerprint density at radius 3 is 1.73 bits per heavy atom. The Morgan fingerprint density at radius 2 is 1.09 bits per heavy atom. The molecule has 4 nitrogen and oxygen atoms in total. The molecule has 0 amide bonds. The van der Waals surface area contributed by atoms with Crippen molar-refractivity contribution in [2.75, 3.05) is 26.6 Å². The molecule has 198 valence electrons. The molecule has 0 fully saturated rings. The maximum atomic E-state index is 5.92. The number of unbranched alkanes of at least 4 members (excludes halogenated alkanes) is 14. The standard InChI is InChI=1S/C29H58O4/c1-4-7-10-11-18-21-24-30-28-31-25-22-19-16-14-12-13-15-17-20-23-29(32-26-8-5-2)33-27-9-6-3/h22,25,29H,4-21,23-24,26-28H2,1-3H3. The summed E-state index contributed by atoms with van der Waals surface area (Å²) in [5.41, 5.74) is 0. The summed E-state index contributed by atoms with van der Waals surface area (Å²) in [5, 5.41) is 0. The minimum atomic E-state index is 0.0121. The van der Waals surface area contributed by atoms with E-state index < -0.39 is 0 Å². The Hall–Kier alpha value is -0.580. The first-order valence-electron chi connectivity index (χ1n) is 14.4. The van der Waals surface area contributed by atoms with E-state index in [1.165, 1.54) is 89.9 Å². The molecular formula is C29H58O4. The normalized spacial score (nSPS) is 11.8. The molecule has 0 aliphatic carbocycles. The molecule has 0 heterocycles. The van der Waals surface area contributed by atoms with Gasteiger partial charge >= 0.3 is 0 Å². The third-order valence-corrected chi connectivity index (χ3v) is 5.90. The van der Waals surface area contributed by atoms with E-state index in [0.29, 0.717) is 6.79 Å². The van der Waals surface area contributed by atoms with Gasteiger partial charge in [0.05, 0.1) is 12.9 Å². The van der Waals surface area contributed by atoms with Crippen molar-refractivity contribution < 1.29 is 18.9 Å². The minimum Gasteiger partial charge on any atom is -0.475 e. The lowest BCUT2D eigenvalue weighted by Gasteiger charge is -2.18. The highest BCUT2D eigenvalue weighted by Crippen LogP contribution is 2.14. The summed E-state index contributed by atoms with van der Waals surface area (Å²) in [6, 6.07) is 0. The van der Waals surface area contributed by atoms with Crippen molar-refractivity contribution in [2.24, 2.45) is 0 Å². The van der Waals surface area contributed by atoms with Crippen molar-refractivity contribution in [1.29, 1.82) is 0 Å². The van der Waals surface area contributed by atoms with Gasteiger partial charge in [-0.15, -0.1) is 0 Å². The maximum absolute atomic E-state index is 5.92. The second-order valence-corrected chi connectivity index (χ2v) is 9.26. The summed E-state index contributed by atoms with van der Waals surface area (Å²) in [6.07, 6.45) is 27.5. The first-order valence-corrected chi connectivity index (χ1v) is 14.4. The summed E-state index contributed by atoms with van der Waals surface area (Å²) >= 11 is 0. The number of allylic oxidation sites excluding steroid dienone is 1. The Bertz CT molecular complexity index is 363. The molecule has 0 spiro atoms. The van der Waals surface area contributed by atoms with E-state index in [0.717, 1.165) is 51.9 Å². The van der Waals surface area contributed by atoms with Crippen LogP contribution in [0.1, 0.15) is 143 Å².